The Hall–Kier alpha value is -1.36. The SMILES string of the molecule is CCNc1ncnc(NC(C)CC(C)O)c1C(C)C. The summed E-state index contributed by atoms with van der Waals surface area (Å²) in [4.78, 5) is 8.65. The number of aliphatic hydroxyl groups excluding tert-OH is 1. The molecule has 108 valence electrons. The maximum absolute atomic E-state index is 9.43. The van der Waals surface area contributed by atoms with E-state index in [9.17, 15) is 5.11 Å². The minimum absolute atomic E-state index is 0.168. The van der Waals surface area contributed by atoms with Crippen molar-refractivity contribution < 1.29 is 5.11 Å². The van der Waals surface area contributed by atoms with Gasteiger partial charge in [0.05, 0.1) is 6.10 Å². The van der Waals surface area contributed by atoms with Crippen LogP contribution in [0.5, 0.6) is 0 Å². The van der Waals surface area contributed by atoms with E-state index in [-0.39, 0.29) is 12.1 Å². The number of aliphatic hydroxyl groups is 1. The van der Waals surface area contributed by atoms with Crippen molar-refractivity contribution >= 4 is 11.6 Å². The molecule has 2 unspecified atom stereocenters. The van der Waals surface area contributed by atoms with Crippen LogP contribution in [0.2, 0.25) is 0 Å². The van der Waals surface area contributed by atoms with Gasteiger partial charge in [-0.3, -0.25) is 0 Å². The van der Waals surface area contributed by atoms with Crippen LogP contribution in [0.15, 0.2) is 6.33 Å². The second kappa shape index (κ2) is 7.28. The molecule has 0 radical (unpaired) electrons. The molecular weight excluding hydrogens is 240 g/mol. The minimum atomic E-state index is -0.319. The van der Waals surface area contributed by atoms with Crippen LogP contribution in [0.25, 0.3) is 0 Å². The second-order valence-corrected chi connectivity index (χ2v) is 5.30. The Morgan fingerprint density at radius 3 is 2.32 bits per heavy atom. The second-order valence-electron chi connectivity index (χ2n) is 5.30. The first kappa shape index (κ1) is 15.7. The summed E-state index contributed by atoms with van der Waals surface area (Å²) in [5.74, 6) is 2.07. The molecule has 0 aliphatic heterocycles. The van der Waals surface area contributed by atoms with Crippen LogP contribution in [-0.4, -0.2) is 33.8 Å². The van der Waals surface area contributed by atoms with E-state index in [2.05, 4.69) is 41.4 Å². The third kappa shape index (κ3) is 4.67. The van der Waals surface area contributed by atoms with E-state index < -0.39 is 0 Å². The fraction of sp³-hybridized carbons (Fsp3) is 0.714. The number of rotatable bonds is 7. The fourth-order valence-electron chi connectivity index (χ4n) is 2.17. The predicted molar refractivity (Wildman–Crippen MR) is 79.7 cm³/mol. The molecule has 0 amide bonds. The van der Waals surface area contributed by atoms with Crippen LogP contribution in [0.4, 0.5) is 11.6 Å². The molecule has 0 aromatic carbocycles. The molecule has 0 fully saturated rings. The van der Waals surface area contributed by atoms with Crippen molar-refractivity contribution in [3.8, 4) is 0 Å². The highest BCUT2D eigenvalue weighted by Gasteiger charge is 2.16. The van der Waals surface area contributed by atoms with Gasteiger partial charge in [-0.15, -0.1) is 0 Å². The van der Waals surface area contributed by atoms with Crippen molar-refractivity contribution in [1.82, 2.24) is 9.97 Å². The van der Waals surface area contributed by atoms with Crippen molar-refractivity contribution in [2.24, 2.45) is 0 Å². The molecule has 5 nitrogen and oxygen atoms in total. The van der Waals surface area contributed by atoms with Gasteiger partial charge in [-0.1, -0.05) is 13.8 Å². The van der Waals surface area contributed by atoms with Crippen molar-refractivity contribution in [3.05, 3.63) is 11.9 Å². The zero-order valence-corrected chi connectivity index (χ0v) is 12.6. The third-order valence-corrected chi connectivity index (χ3v) is 2.88. The number of hydrogen-bond acceptors (Lipinski definition) is 5. The van der Waals surface area contributed by atoms with Gasteiger partial charge in [0.2, 0.25) is 0 Å². The van der Waals surface area contributed by atoms with E-state index in [0.717, 1.165) is 23.7 Å². The first-order valence-corrected chi connectivity index (χ1v) is 6.99. The van der Waals surface area contributed by atoms with E-state index in [1.165, 1.54) is 0 Å². The molecule has 3 N–H and O–H groups in total. The average Bonchev–Trinajstić information content (AvgIpc) is 2.27. The van der Waals surface area contributed by atoms with Crippen molar-refractivity contribution in [2.75, 3.05) is 17.2 Å². The first-order valence-electron chi connectivity index (χ1n) is 6.99. The van der Waals surface area contributed by atoms with Gasteiger partial charge in [0.15, 0.2) is 0 Å². The molecule has 0 spiro atoms. The van der Waals surface area contributed by atoms with Gasteiger partial charge in [0, 0.05) is 18.2 Å². The van der Waals surface area contributed by atoms with E-state index >= 15 is 0 Å². The minimum Gasteiger partial charge on any atom is -0.393 e. The van der Waals surface area contributed by atoms with Crippen molar-refractivity contribution in [3.63, 3.8) is 0 Å². The highest BCUT2D eigenvalue weighted by molar-refractivity contribution is 5.59. The van der Waals surface area contributed by atoms with E-state index in [1.807, 2.05) is 6.92 Å². The molecule has 0 aliphatic carbocycles. The molecule has 0 aliphatic rings. The van der Waals surface area contributed by atoms with Gasteiger partial charge < -0.3 is 15.7 Å². The molecule has 0 bridgehead atoms. The quantitative estimate of drug-likeness (QED) is 0.707. The number of nitrogens with one attached hydrogen (secondary N) is 2. The fourth-order valence-corrected chi connectivity index (χ4v) is 2.17. The van der Waals surface area contributed by atoms with Crippen LogP contribution in [-0.2, 0) is 0 Å². The normalized spacial score (nSPS) is 14.3. The van der Waals surface area contributed by atoms with E-state index in [1.54, 1.807) is 13.3 Å². The topological polar surface area (TPSA) is 70.1 Å². The van der Waals surface area contributed by atoms with Crippen LogP contribution in [0.1, 0.15) is 52.5 Å². The Bertz CT molecular complexity index is 393. The van der Waals surface area contributed by atoms with Gasteiger partial charge in [-0.05, 0) is 33.1 Å². The lowest BCUT2D eigenvalue weighted by Crippen LogP contribution is -2.23. The molecule has 0 saturated carbocycles. The Balaban J connectivity index is 2.96. The van der Waals surface area contributed by atoms with Crippen LogP contribution >= 0.6 is 0 Å². The zero-order chi connectivity index (χ0) is 14.4. The molecule has 1 aromatic rings. The Labute approximate surface area is 115 Å². The number of anilines is 2. The van der Waals surface area contributed by atoms with E-state index in [4.69, 9.17) is 0 Å². The summed E-state index contributed by atoms with van der Waals surface area (Å²) in [5, 5.41) is 16.1. The number of aromatic nitrogens is 2. The summed E-state index contributed by atoms with van der Waals surface area (Å²) in [7, 11) is 0. The molecule has 0 saturated heterocycles. The van der Waals surface area contributed by atoms with Gasteiger partial charge in [-0.2, -0.15) is 0 Å². The largest absolute Gasteiger partial charge is 0.393 e. The van der Waals surface area contributed by atoms with Crippen LogP contribution in [0.3, 0.4) is 0 Å². The first-order chi connectivity index (χ1) is 8.95. The maximum Gasteiger partial charge on any atom is 0.135 e. The molecule has 19 heavy (non-hydrogen) atoms. The Morgan fingerprint density at radius 2 is 1.79 bits per heavy atom. The average molecular weight is 266 g/mol. The van der Waals surface area contributed by atoms with Gasteiger partial charge in [0.1, 0.15) is 18.0 Å². The van der Waals surface area contributed by atoms with Gasteiger partial charge in [-0.25, -0.2) is 9.97 Å². The zero-order valence-electron chi connectivity index (χ0n) is 12.6. The summed E-state index contributed by atoms with van der Waals surface area (Å²) in [6, 6.07) is 0.168. The summed E-state index contributed by atoms with van der Waals surface area (Å²) in [6.45, 7) is 11.0. The Kier molecular flexibility index (Phi) is 6.02. The van der Waals surface area contributed by atoms with Crippen molar-refractivity contribution in [2.45, 2.75) is 59.1 Å². The molecule has 1 aromatic heterocycles. The summed E-state index contributed by atoms with van der Waals surface area (Å²) < 4.78 is 0. The van der Waals surface area contributed by atoms with Gasteiger partial charge >= 0.3 is 0 Å². The maximum atomic E-state index is 9.43. The van der Waals surface area contributed by atoms with Gasteiger partial charge in [0.25, 0.3) is 0 Å². The highest BCUT2D eigenvalue weighted by atomic mass is 16.3. The molecule has 1 rings (SSSR count). The lowest BCUT2D eigenvalue weighted by atomic mass is 10.0. The molecule has 5 heteroatoms. The number of hydrogen-bond donors (Lipinski definition) is 3. The lowest BCUT2D eigenvalue weighted by molar-refractivity contribution is 0.179. The smallest absolute Gasteiger partial charge is 0.135 e. The summed E-state index contributed by atoms with van der Waals surface area (Å²) in [5.41, 5.74) is 1.10. The summed E-state index contributed by atoms with van der Waals surface area (Å²) in [6.07, 6.45) is 1.94. The number of nitrogens with zero attached hydrogens (tertiary/aromatic N) is 2. The molecular formula is C14H26N4O. The van der Waals surface area contributed by atoms with Crippen LogP contribution < -0.4 is 10.6 Å². The standard InChI is InChI=1S/C14H26N4O/c1-6-15-13-12(9(2)3)14(17-8-16-13)18-10(4)7-11(5)19/h8-11,19H,6-7H2,1-5H3,(H2,15,16,17,18). The lowest BCUT2D eigenvalue weighted by Gasteiger charge is -2.21. The monoisotopic (exact) mass is 266 g/mol. The highest BCUT2D eigenvalue weighted by Crippen LogP contribution is 2.28. The molecule has 2 atom stereocenters. The van der Waals surface area contributed by atoms with E-state index in [0.29, 0.717) is 12.3 Å². The summed E-state index contributed by atoms with van der Waals surface area (Å²) >= 11 is 0. The Morgan fingerprint density at radius 1 is 1.16 bits per heavy atom. The van der Waals surface area contributed by atoms with Crippen molar-refractivity contribution in [1.29, 1.82) is 0 Å². The predicted octanol–water partition coefficient (Wildman–Crippen LogP) is 2.60. The molecule has 1 heterocycles. The third-order valence-electron chi connectivity index (χ3n) is 2.88. The van der Waals surface area contributed by atoms with Crippen LogP contribution in [0, 0.1) is 0 Å².